The number of nitrogens with two attached hydrogens (primary N) is 1. The molecule has 8 nitrogen and oxygen atoms in total. The van der Waals surface area contributed by atoms with Crippen LogP contribution in [-0.4, -0.2) is 30.9 Å². The number of hydrogen-bond acceptors (Lipinski definition) is 5. The van der Waals surface area contributed by atoms with E-state index in [4.69, 9.17) is 22.4 Å². The van der Waals surface area contributed by atoms with Gasteiger partial charge in [0, 0.05) is 6.20 Å². The minimum atomic E-state index is -1.25. The summed E-state index contributed by atoms with van der Waals surface area (Å²) in [5, 5.41) is 15.2. The molecule has 1 unspecified atom stereocenters. The summed E-state index contributed by atoms with van der Waals surface area (Å²) in [6.07, 6.45) is 0.200. The van der Waals surface area contributed by atoms with Gasteiger partial charge in [-0.2, -0.15) is 9.67 Å². The van der Waals surface area contributed by atoms with Crippen LogP contribution in [0.1, 0.15) is 18.8 Å². The van der Waals surface area contributed by atoms with Gasteiger partial charge in [-0.25, -0.2) is 9.78 Å². The topological polar surface area (TPSA) is 119 Å². The number of nitrogens with zero attached hydrogens (tertiary/aromatic N) is 4. The first-order valence-electron chi connectivity index (χ1n) is 5.32. The molecule has 0 aliphatic carbocycles. The Balaban J connectivity index is 2.45. The molecule has 0 saturated heterocycles. The number of halogens is 1. The van der Waals surface area contributed by atoms with Crippen molar-refractivity contribution in [3.05, 3.63) is 29.2 Å². The van der Waals surface area contributed by atoms with E-state index < -0.39 is 12.1 Å². The van der Waals surface area contributed by atoms with Crippen LogP contribution < -0.4 is 11.1 Å². The Morgan fingerprint density at radius 2 is 2.32 bits per heavy atom. The highest BCUT2D eigenvalue weighted by Gasteiger charge is 2.16. The Kier molecular flexibility index (Phi) is 3.63. The fourth-order valence-electron chi connectivity index (χ4n) is 1.43. The van der Waals surface area contributed by atoms with Crippen LogP contribution in [0, 0.1) is 0 Å². The molecule has 0 fully saturated rings. The Morgan fingerprint density at radius 1 is 1.58 bits per heavy atom. The van der Waals surface area contributed by atoms with Crippen LogP contribution in [0.15, 0.2) is 18.3 Å². The maximum absolute atomic E-state index is 10.6. The van der Waals surface area contributed by atoms with Gasteiger partial charge in [0.05, 0.1) is 11.1 Å². The number of pyridine rings is 1. The third-order valence-electron chi connectivity index (χ3n) is 2.19. The number of nitrogens with one attached hydrogen (secondary N) is 1. The summed E-state index contributed by atoms with van der Waals surface area (Å²) in [4.78, 5) is 18.7. The summed E-state index contributed by atoms with van der Waals surface area (Å²) in [6, 6.07) is 2.84. The van der Waals surface area contributed by atoms with E-state index in [1.807, 2.05) is 0 Å². The van der Waals surface area contributed by atoms with E-state index in [0.29, 0.717) is 16.7 Å². The quantitative estimate of drug-likeness (QED) is 0.783. The van der Waals surface area contributed by atoms with Crippen molar-refractivity contribution >= 4 is 23.6 Å². The van der Waals surface area contributed by atoms with Crippen molar-refractivity contribution < 1.29 is 9.90 Å². The van der Waals surface area contributed by atoms with Crippen LogP contribution in [0.2, 0.25) is 5.02 Å². The van der Waals surface area contributed by atoms with E-state index in [1.54, 1.807) is 19.1 Å². The first-order chi connectivity index (χ1) is 8.97. The molecular formula is C10H11ClN6O2. The van der Waals surface area contributed by atoms with Gasteiger partial charge in [-0.15, -0.1) is 5.10 Å². The molecule has 1 atom stereocenters. The van der Waals surface area contributed by atoms with E-state index in [9.17, 15) is 4.79 Å². The lowest BCUT2D eigenvalue weighted by molar-refractivity contribution is 0.209. The minimum absolute atomic E-state index is 0.0587. The molecule has 0 bridgehead atoms. The summed E-state index contributed by atoms with van der Waals surface area (Å²) < 4.78 is 1.37. The van der Waals surface area contributed by atoms with E-state index in [-0.39, 0.29) is 5.95 Å². The third-order valence-corrected chi connectivity index (χ3v) is 2.41. The average Bonchev–Trinajstić information content (AvgIpc) is 2.73. The smallest absolute Gasteiger partial charge is 0.411 e. The van der Waals surface area contributed by atoms with E-state index >= 15 is 0 Å². The molecule has 4 N–H and O–H groups in total. The molecular weight excluding hydrogens is 272 g/mol. The zero-order valence-corrected chi connectivity index (χ0v) is 10.7. The summed E-state index contributed by atoms with van der Waals surface area (Å²) in [5.41, 5.74) is 5.77. The molecule has 1 amide bonds. The fourth-order valence-corrected chi connectivity index (χ4v) is 1.54. The van der Waals surface area contributed by atoms with Crippen LogP contribution in [-0.2, 0) is 0 Å². The largest absolute Gasteiger partial charge is 0.465 e. The lowest BCUT2D eigenvalue weighted by Crippen LogP contribution is -2.14. The van der Waals surface area contributed by atoms with Crippen LogP contribution in [0.5, 0.6) is 0 Å². The highest BCUT2D eigenvalue weighted by atomic mass is 35.5. The highest BCUT2D eigenvalue weighted by molar-refractivity contribution is 6.30. The molecule has 19 heavy (non-hydrogen) atoms. The predicted octanol–water partition coefficient (Wildman–Crippen LogP) is 1.43. The molecule has 2 aromatic rings. The van der Waals surface area contributed by atoms with E-state index in [2.05, 4.69) is 20.4 Å². The van der Waals surface area contributed by atoms with Gasteiger partial charge in [0.15, 0.2) is 11.6 Å². The molecule has 0 saturated carbocycles. The second-order valence-electron chi connectivity index (χ2n) is 3.76. The zero-order valence-electron chi connectivity index (χ0n) is 9.91. The number of rotatable bonds is 3. The Bertz CT molecular complexity index is 595. The number of anilines is 1. The van der Waals surface area contributed by atoms with Gasteiger partial charge < -0.3 is 10.8 Å². The van der Waals surface area contributed by atoms with Gasteiger partial charge in [-0.1, -0.05) is 11.6 Å². The van der Waals surface area contributed by atoms with E-state index in [1.165, 1.54) is 10.9 Å². The molecule has 0 aliphatic rings. The number of carboxylic acid groups (broad SMARTS) is 1. The van der Waals surface area contributed by atoms with Gasteiger partial charge in [0.1, 0.15) is 0 Å². The van der Waals surface area contributed by atoms with Gasteiger partial charge >= 0.3 is 6.09 Å². The normalized spacial score (nSPS) is 12.2. The van der Waals surface area contributed by atoms with Crippen molar-refractivity contribution in [2.24, 2.45) is 5.73 Å². The average molecular weight is 283 g/mol. The standard InChI is InChI=1S/C10H11ClN6O2/c1-5(12)8-14-9(15-10(18)19)16-17(8)7-3-2-6(11)4-13-7/h2-5H,12H2,1H3,(H,15,16)(H,18,19). The molecule has 2 heterocycles. The monoisotopic (exact) mass is 282 g/mol. The molecule has 0 aliphatic heterocycles. The van der Waals surface area contributed by atoms with Gasteiger partial charge in [-0.05, 0) is 19.1 Å². The van der Waals surface area contributed by atoms with Crippen LogP contribution >= 0.6 is 11.6 Å². The summed E-state index contributed by atoms with van der Waals surface area (Å²) in [7, 11) is 0. The zero-order chi connectivity index (χ0) is 14.0. The lowest BCUT2D eigenvalue weighted by Gasteiger charge is -2.06. The number of amides is 1. The van der Waals surface area contributed by atoms with Crippen LogP contribution in [0.3, 0.4) is 0 Å². The van der Waals surface area contributed by atoms with E-state index in [0.717, 1.165) is 0 Å². The molecule has 0 radical (unpaired) electrons. The predicted molar refractivity (Wildman–Crippen MR) is 68.4 cm³/mol. The molecule has 100 valence electrons. The van der Waals surface area contributed by atoms with Crippen molar-refractivity contribution in [1.82, 2.24) is 19.7 Å². The second-order valence-corrected chi connectivity index (χ2v) is 4.20. The molecule has 9 heteroatoms. The molecule has 2 rings (SSSR count). The summed E-state index contributed by atoms with van der Waals surface area (Å²) in [6.45, 7) is 1.71. The first kappa shape index (κ1) is 13.2. The minimum Gasteiger partial charge on any atom is -0.465 e. The summed E-state index contributed by atoms with van der Waals surface area (Å²) >= 11 is 5.75. The lowest BCUT2D eigenvalue weighted by atomic mass is 10.3. The van der Waals surface area contributed by atoms with Crippen LogP contribution in [0.25, 0.3) is 5.82 Å². The van der Waals surface area contributed by atoms with Gasteiger partial charge in [0.2, 0.25) is 0 Å². The van der Waals surface area contributed by atoms with Gasteiger partial charge in [-0.3, -0.25) is 5.32 Å². The molecule has 2 aromatic heterocycles. The summed E-state index contributed by atoms with van der Waals surface area (Å²) in [5.74, 6) is 0.776. The number of hydrogen-bond donors (Lipinski definition) is 3. The number of carbonyl (C=O) groups is 1. The Hall–Kier alpha value is -2.19. The second kappa shape index (κ2) is 5.21. The Morgan fingerprint density at radius 3 is 2.84 bits per heavy atom. The highest BCUT2D eigenvalue weighted by Crippen LogP contribution is 2.16. The Labute approximate surface area is 113 Å². The van der Waals surface area contributed by atoms with Crippen molar-refractivity contribution in [2.45, 2.75) is 13.0 Å². The van der Waals surface area contributed by atoms with Crippen molar-refractivity contribution in [3.8, 4) is 5.82 Å². The number of aromatic nitrogens is 4. The molecule has 0 spiro atoms. The maximum atomic E-state index is 10.6. The van der Waals surface area contributed by atoms with Crippen molar-refractivity contribution in [2.75, 3.05) is 5.32 Å². The third kappa shape index (κ3) is 2.98. The maximum Gasteiger partial charge on any atom is 0.411 e. The van der Waals surface area contributed by atoms with Crippen molar-refractivity contribution in [3.63, 3.8) is 0 Å². The molecule has 0 aromatic carbocycles. The SMILES string of the molecule is CC(N)c1nc(NC(=O)O)nn1-c1ccc(Cl)cn1. The fraction of sp³-hybridized carbons (Fsp3) is 0.200. The van der Waals surface area contributed by atoms with Crippen LogP contribution in [0.4, 0.5) is 10.7 Å². The first-order valence-corrected chi connectivity index (χ1v) is 5.69. The van der Waals surface area contributed by atoms with Gasteiger partial charge in [0.25, 0.3) is 5.95 Å². The van der Waals surface area contributed by atoms with Crippen molar-refractivity contribution in [1.29, 1.82) is 0 Å².